The van der Waals surface area contributed by atoms with Crippen LogP contribution in [0.5, 0.6) is 0 Å². The Kier molecular flexibility index (Phi) is 3.61. The number of piperazine rings is 1. The first-order chi connectivity index (χ1) is 9.72. The molecule has 108 valence electrons. The lowest BCUT2D eigenvalue weighted by Crippen LogP contribution is -2.56. The maximum Gasteiger partial charge on any atom is 0.155 e. The van der Waals surface area contributed by atoms with Gasteiger partial charge >= 0.3 is 0 Å². The molecule has 2 aromatic heterocycles. The quantitative estimate of drug-likeness (QED) is 0.929. The molecule has 0 aromatic carbocycles. The van der Waals surface area contributed by atoms with Gasteiger partial charge in [0.2, 0.25) is 0 Å². The van der Waals surface area contributed by atoms with Gasteiger partial charge < -0.3 is 10.2 Å². The molecule has 2 atom stereocenters. The predicted octanol–water partition coefficient (Wildman–Crippen LogP) is 2.00. The molecule has 3 rings (SSSR count). The molecular weight excluding hydrogens is 250 g/mol. The highest BCUT2D eigenvalue weighted by molar-refractivity contribution is 5.69. The van der Waals surface area contributed by atoms with Crippen molar-refractivity contribution in [1.29, 1.82) is 0 Å². The summed E-state index contributed by atoms with van der Waals surface area (Å²) in [6, 6.07) is 3.17. The van der Waals surface area contributed by atoms with Crippen molar-refractivity contribution in [1.82, 2.24) is 19.9 Å². The number of nitrogens with one attached hydrogen (secondary N) is 1. The van der Waals surface area contributed by atoms with Gasteiger partial charge in [-0.25, -0.2) is 9.50 Å². The molecular formula is C15H23N5. The van der Waals surface area contributed by atoms with Crippen LogP contribution in [0.25, 0.3) is 5.52 Å². The molecule has 5 nitrogen and oxygen atoms in total. The van der Waals surface area contributed by atoms with Crippen LogP contribution in [0, 0.1) is 6.92 Å². The van der Waals surface area contributed by atoms with Gasteiger partial charge in [0, 0.05) is 37.6 Å². The Morgan fingerprint density at radius 3 is 2.95 bits per heavy atom. The second-order valence-electron chi connectivity index (χ2n) is 5.59. The van der Waals surface area contributed by atoms with Crippen molar-refractivity contribution in [3.8, 4) is 0 Å². The van der Waals surface area contributed by atoms with E-state index in [-0.39, 0.29) is 0 Å². The highest BCUT2D eigenvalue weighted by Gasteiger charge is 2.28. The molecule has 2 aromatic rings. The van der Waals surface area contributed by atoms with E-state index < -0.39 is 0 Å². The monoisotopic (exact) mass is 273 g/mol. The first-order valence-corrected chi connectivity index (χ1v) is 7.54. The average Bonchev–Trinajstić information content (AvgIpc) is 2.86. The van der Waals surface area contributed by atoms with Gasteiger partial charge in [-0.15, -0.1) is 0 Å². The van der Waals surface area contributed by atoms with E-state index in [4.69, 9.17) is 0 Å². The third kappa shape index (κ3) is 2.26. The number of anilines is 1. The van der Waals surface area contributed by atoms with Crippen molar-refractivity contribution in [2.75, 3.05) is 18.0 Å². The van der Waals surface area contributed by atoms with Crippen LogP contribution < -0.4 is 10.2 Å². The van der Waals surface area contributed by atoms with Crippen LogP contribution in [0.15, 0.2) is 18.5 Å². The minimum atomic E-state index is 0.506. The van der Waals surface area contributed by atoms with Crippen LogP contribution in [0.2, 0.25) is 0 Å². The first kappa shape index (κ1) is 13.4. The molecule has 0 saturated carbocycles. The molecule has 0 radical (unpaired) electrons. The Hall–Kier alpha value is -1.62. The number of hydrogen-bond donors (Lipinski definition) is 1. The zero-order chi connectivity index (χ0) is 14.1. The van der Waals surface area contributed by atoms with E-state index in [9.17, 15) is 0 Å². The average molecular weight is 273 g/mol. The molecule has 1 saturated heterocycles. The smallest absolute Gasteiger partial charge is 0.155 e. The third-order valence-corrected chi connectivity index (χ3v) is 4.23. The third-order valence-electron chi connectivity index (χ3n) is 4.23. The molecule has 20 heavy (non-hydrogen) atoms. The molecule has 1 aliphatic heterocycles. The fourth-order valence-electron chi connectivity index (χ4n) is 3.01. The van der Waals surface area contributed by atoms with E-state index in [0.29, 0.717) is 12.1 Å². The van der Waals surface area contributed by atoms with Gasteiger partial charge in [-0.05, 0) is 25.8 Å². The summed E-state index contributed by atoms with van der Waals surface area (Å²) < 4.78 is 1.94. The lowest BCUT2D eigenvalue weighted by atomic mass is 10.1. The highest BCUT2D eigenvalue weighted by Crippen LogP contribution is 2.25. The zero-order valence-corrected chi connectivity index (χ0v) is 12.5. The number of rotatable bonds is 3. The molecule has 1 fully saturated rings. The van der Waals surface area contributed by atoms with Crippen molar-refractivity contribution in [2.45, 2.75) is 45.7 Å². The summed E-state index contributed by atoms with van der Waals surface area (Å²) in [6.45, 7) is 8.56. The molecule has 0 bridgehead atoms. The van der Waals surface area contributed by atoms with Gasteiger partial charge in [-0.3, -0.25) is 0 Å². The van der Waals surface area contributed by atoms with Gasteiger partial charge in [0.05, 0.1) is 5.69 Å². The largest absolute Gasteiger partial charge is 0.349 e. The minimum absolute atomic E-state index is 0.506. The number of hydrogen-bond acceptors (Lipinski definition) is 4. The molecule has 3 heterocycles. The summed E-state index contributed by atoms with van der Waals surface area (Å²) in [6.07, 6.45) is 6.05. The maximum absolute atomic E-state index is 4.65. The van der Waals surface area contributed by atoms with Crippen molar-refractivity contribution in [3.63, 3.8) is 0 Å². The molecule has 0 amide bonds. The number of aryl methyl sites for hydroxylation is 1. The van der Waals surface area contributed by atoms with Crippen LogP contribution in [0.4, 0.5) is 5.82 Å². The second-order valence-corrected chi connectivity index (χ2v) is 5.59. The summed E-state index contributed by atoms with van der Waals surface area (Å²) >= 11 is 0. The Bertz CT molecular complexity index is 591. The highest BCUT2D eigenvalue weighted by atomic mass is 15.3. The SMILES string of the molecule is CCC1CN(c2nccn3nc(C)cc23)C(CC)CN1. The molecule has 1 aliphatic rings. The first-order valence-electron chi connectivity index (χ1n) is 7.54. The summed E-state index contributed by atoms with van der Waals surface area (Å²) in [5.41, 5.74) is 2.15. The maximum atomic E-state index is 4.65. The van der Waals surface area contributed by atoms with Crippen LogP contribution in [-0.2, 0) is 0 Å². The van der Waals surface area contributed by atoms with E-state index >= 15 is 0 Å². The predicted molar refractivity (Wildman–Crippen MR) is 81.2 cm³/mol. The van der Waals surface area contributed by atoms with Gasteiger partial charge in [0.1, 0.15) is 5.52 Å². The number of nitrogens with zero attached hydrogens (tertiary/aromatic N) is 4. The topological polar surface area (TPSA) is 45.5 Å². The zero-order valence-electron chi connectivity index (χ0n) is 12.5. The summed E-state index contributed by atoms with van der Waals surface area (Å²) in [4.78, 5) is 7.11. The molecule has 2 unspecified atom stereocenters. The number of fused-ring (bicyclic) bond motifs is 1. The minimum Gasteiger partial charge on any atom is -0.349 e. The van der Waals surface area contributed by atoms with Gasteiger partial charge in [-0.2, -0.15) is 5.10 Å². The van der Waals surface area contributed by atoms with E-state index in [0.717, 1.165) is 43.0 Å². The second kappa shape index (κ2) is 5.40. The Labute approximate surface area is 120 Å². The van der Waals surface area contributed by atoms with Crippen molar-refractivity contribution in [2.24, 2.45) is 0 Å². The normalized spacial score (nSPS) is 23.4. The molecule has 0 spiro atoms. The van der Waals surface area contributed by atoms with Crippen LogP contribution in [0.3, 0.4) is 0 Å². The Morgan fingerprint density at radius 2 is 2.20 bits per heavy atom. The molecule has 1 N–H and O–H groups in total. The van der Waals surface area contributed by atoms with E-state index in [1.165, 1.54) is 0 Å². The van der Waals surface area contributed by atoms with Crippen molar-refractivity contribution < 1.29 is 0 Å². The number of aromatic nitrogens is 3. The summed E-state index contributed by atoms with van der Waals surface area (Å²) in [5.74, 6) is 1.07. The molecule has 5 heteroatoms. The van der Waals surface area contributed by atoms with E-state index in [2.05, 4.69) is 40.2 Å². The summed E-state index contributed by atoms with van der Waals surface area (Å²) in [5, 5.41) is 8.12. The van der Waals surface area contributed by atoms with Crippen LogP contribution in [-0.4, -0.2) is 39.8 Å². The van der Waals surface area contributed by atoms with Crippen molar-refractivity contribution in [3.05, 3.63) is 24.2 Å². The van der Waals surface area contributed by atoms with Gasteiger partial charge in [-0.1, -0.05) is 13.8 Å². The molecule has 0 aliphatic carbocycles. The van der Waals surface area contributed by atoms with E-state index in [1.807, 2.05) is 23.8 Å². The van der Waals surface area contributed by atoms with Gasteiger partial charge in [0.25, 0.3) is 0 Å². The van der Waals surface area contributed by atoms with Crippen molar-refractivity contribution >= 4 is 11.3 Å². The lowest BCUT2D eigenvalue weighted by Gasteiger charge is -2.40. The Morgan fingerprint density at radius 1 is 1.35 bits per heavy atom. The van der Waals surface area contributed by atoms with Gasteiger partial charge in [0.15, 0.2) is 5.82 Å². The van der Waals surface area contributed by atoms with Crippen LogP contribution in [0.1, 0.15) is 32.4 Å². The summed E-state index contributed by atoms with van der Waals surface area (Å²) in [7, 11) is 0. The standard InChI is InChI=1S/C15H23N5/c1-4-12-10-19(13(5-2)9-17-12)15-14-8-11(3)18-20(14)7-6-16-15/h6-8,12-13,17H,4-5,9-10H2,1-3H3. The van der Waals surface area contributed by atoms with E-state index in [1.54, 1.807) is 0 Å². The fourth-order valence-corrected chi connectivity index (χ4v) is 3.01. The Balaban J connectivity index is 2.02. The lowest BCUT2D eigenvalue weighted by molar-refractivity contribution is 0.377. The fraction of sp³-hybridized carbons (Fsp3) is 0.600. The van der Waals surface area contributed by atoms with Crippen LogP contribution >= 0.6 is 0 Å².